The van der Waals surface area contributed by atoms with Gasteiger partial charge >= 0.3 is 0 Å². The summed E-state index contributed by atoms with van der Waals surface area (Å²) in [4.78, 5) is 0. The number of ether oxygens (including phenoxy) is 2. The Bertz CT molecular complexity index is 120. The van der Waals surface area contributed by atoms with Crippen molar-refractivity contribution in [1.82, 2.24) is 0 Å². The van der Waals surface area contributed by atoms with Gasteiger partial charge < -0.3 is 9.47 Å². The molecular weight excluding hydrogens is 188 g/mol. The van der Waals surface area contributed by atoms with Gasteiger partial charge in [-0.1, -0.05) is 46.0 Å². The first-order chi connectivity index (χ1) is 7.12. The number of hydrogen-bond donors (Lipinski definition) is 0. The molecular formula is C13H28O2. The lowest BCUT2D eigenvalue weighted by Gasteiger charge is -2.29. The van der Waals surface area contributed by atoms with E-state index in [-0.39, 0.29) is 5.79 Å². The van der Waals surface area contributed by atoms with Crippen LogP contribution in [0.2, 0.25) is 0 Å². The molecule has 2 nitrogen and oxygen atoms in total. The Balaban J connectivity index is 0.000000265. The van der Waals surface area contributed by atoms with Crippen LogP contribution in [0.3, 0.4) is 0 Å². The van der Waals surface area contributed by atoms with Crippen molar-refractivity contribution in [3.8, 4) is 0 Å². The average molecular weight is 216 g/mol. The third-order valence-electron chi connectivity index (χ3n) is 2.40. The molecule has 1 rings (SSSR count). The summed E-state index contributed by atoms with van der Waals surface area (Å²) in [6.45, 7) is 10.0. The minimum Gasteiger partial charge on any atom is -0.350 e. The monoisotopic (exact) mass is 216 g/mol. The first-order valence-corrected chi connectivity index (χ1v) is 6.40. The summed E-state index contributed by atoms with van der Waals surface area (Å²) in [5.41, 5.74) is 0. The predicted octanol–water partition coefficient (Wildman–Crippen LogP) is 4.14. The molecule has 0 aliphatic carbocycles. The van der Waals surface area contributed by atoms with Gasteiger partial charge in [-0.2, -0.15) is 0 Å². The second kappa shape index (κ2) is 9.17. The summed E-state index contributed by atoms with van der Waals surface area (Å²) in [7, 11) is 0. The molecule has 15 heavy (non-hydrogen) atoms. The van der Waals surface area contributed by atoms with Crippen molar-refractivity contribution in [2.45, 2.75) is 72.0 Å². The summed E-state index contributed by atoms with van der Waals surface area (Å²) in [6, 6.07) is 0. The van der Waals surface area contributed by atoms with Gasteiger partial charge in [0.1, 0.15) is 0 Å². The number of rotatable bonds is 4. The summed E-state index contributed by atoms with van der Waals surface area (Å²) < 4.78 is 10.5. The van der Waals surface area contributed by atoms with Gasteiger partial charge in [0.15, 0.2) is 5.79 Å². The largest absolute Gasteiger partial charge is 0.350 e. The van der Waals surface area contributed by atoms with E-state index in [1.165, 1.54) is 32.1 Å². The minimum atomic E-state index is -0.321. The van der Waals surface area contributed by atoms with Crippen LogP contribution in [-0.2, 0) is 9.47 Å². The van der Waals surface area contributed by atoms with Crippen molar-refractivity contribution >= 4 is 0 Å². The second-order valence-corrected chi connectivity index (χ2v) is 4.51. The van der Waals surface area contributed by atoms with E-state index in [4.69, 9.17) is 9.47 Å². The molecule has 0 aromatic heterocycles. The highest BCUT2D eigenvalue weighted by Crippen LogP contribution is 2.15. The van der Waals surface area contributed by atoms with E-state index in [0.29, 0.717) is 0 Å². The van der Waals surface area contributed by atoms with Gasteiger partial charge in [-0.15, -0.1) is 0 Å². The molecule has 0 aromatic carbocycles. The molecule has 1 fully saturated rings. The molecule has 0 unspecified atom stereocenters. The summed E-state index contributed by atoms with van der Waals surface area (Å²) in [6.07, 6.45) is 8.04. The molecule has 0 atom stereocenters. The highest BCUT2D eigenvalue weighted by molar-refractivity contribution is 4.57. The van der Waals surface area contributed by atoms with Gasteiger partial charge in [-0.3, -0.25) is 0 Å². The summed E-state index contributed by atoms with van der Waals surface area (Å²) in [5.74, 6) is -0.321. The van der Waals surface area contributed by atoms with Gasteiger partial charge in [0.05, 0.1) is 13.2 Å². The van der Waals surface area contributed by atoms with Gasteiger partial charge in [-0.05, 0) is 20.3 Å². The maximum absolute atomic E-state index is 5.24. The highest BCUT2D eigenvalue weighted by Gasteiger charge is 2.21. The van der Waals surface area contributed by atoms with Crippen LogP contribution in [-0.4, -0.2) is 19.0 Å². The van der Waals surface area contributed by atoms with E-state index >= 15 is 0 Å². The molecule has 0 radical (unpaired) electrons. The van der Waals surface area contributed by atoms with Crippen LogP contribution in [0.15, 0.2) is 0 Å². The van der Waals surface area contributed by atoms with E-state index in [9.17, 15) is 0 Å². The zero-order valence-corrected chi connectivity index (χ0v) is 11.0. The summed E-state index contributed by atoms with van der Waals surface area (Å²) >= 11 is 0. The zero-order chi connectivity index (χ0) is 11.6. The van der Waals surface area contributed by atoms with Crippen LogP contribution in [0.25, 0.3) is 0 Å². The van der Waals surface area contributed by atoms with E-state index in [1.54, 1.807) is 0 Å². The van der Waals surface area contributed by atoms with E-state index in [2.05, 4.69) is 13.8 Å². The Morgan fingerprint density at radius 2 is 1.33 bits per heavy atom. The van der Waals surface area contributed by atoms with Crippen LogP contribution >= 0.6 is 0 Å². The minimum absolute atomic E-state index is 0.321. The molecule has 0 spiro atoms. The van der Waals surface area contributed by atoms with Crippen molar-refractivity contribution < 1.29 is 9.47 Å². The first kappa shape index (κ1) is 14.9. The normalized spacial score (nSPS) is 19.2. The molecule has 1 saturated heterocycles. The second-order valence-electron chi connectivity index (χ2n) is 4.51. The number of unbranched alkanes of at least 4 members (excludes halogenated alkanes) is 4. The zero-order valence-electron chi connectivity index (χ0n) is 11.0. The summed E-state index contributed by atoms with van der Waals surface area (Å²) in [5, 5.41) is 0. The smallest absolute Gasteiger partial charge is 0.162 e. The molecule has 92 valence electrons. The lowest BCUT2D eigenvalue weighted by Crippen LogP contribution is -2.33. The number of hydrogen-bond acceptors (Lipinski definition) is 2. The van der Waals surface area contributed by atoms with Gasteiger partial charge in [-0.25, -0.2) is 0 Å². The Morgan fingerprint density at radius 1 is 0.867 bits per heavy atom. The molecule has 1 aliphatic rings. The van der Waals surface area contributed by atoms with Crippen molar-refractivity contribution in [1.29, 1.82) is 0 Å². The van der Waals surface area contributed by atoms with Gasteiger partial charge in [0.25, 0.3) is 0 Å². The van der Waals surface area contributed by atoms with E-state index in [1.807, 2.05) is 13.8 Å². The maximum atomic E-state index is 5.24. The maximum Gasteiger partial charge on any atom is 0.162 e. The van der Waals surface area contributed by atoms with Gasteiger partial charge in [0, 0.05) is 0 Å². The highest BCUT2D eigenvalue weighted by atomic mass is 16.7. The lowest BCUT2D eigenvalue weighted by molar-refractivity contribution is -0.244. The van der Waals surface area contributed by atoms with E-state index in [0.717, 1.165) is 19.6 Å². The first-order valence-electron chi connectivity index (χ1n) is 6.40. The van der Waals surface area contributed by atoms with E-state index < -0.39 is 0 Å². The average Bonchev–Trinajstić information content (AvgIpc) is 2.19. The Labute approximate surface area is 95.3 Å². The van der Waals surface area contributed by atoms with Crippen molar-refractivity contribution in [3.63, 3.8) is 0 Å². The fraction of sp³-hybridized carbons (Fsp3) is 1.00. The third kappa shape index (κ3) is 10.2. The molecule has 1 aliphatic heterocycles. The molecule has 0 N–H and O–H groups in total. The fourth-order valence-electron chi connectivity index (χ4n) is 1.41. The molecule has 0 saturated carbocycles. The molecule has 0 aromatic rings. The molecule has 1 heterocycles. The van der Waals surface area contributed by atoms with Crippen molar-refractivity contribution in [2.75, 3.05) is 13.2 Å². The fourth-order valence-corrected chi connectivity index (χ4v) is 1.41. The Morgan fingerprint density at radius 3 is 1.60 bits per heavy atom. The topological polar surface area (TPSA) is 18.5 Å². The van der Waals surface area contributed by atoms with Crippen LogP contribution < -0.4 is 0 Å². The predicted molar refractivity (Wildman–Crippen MR) is 65.0 cm³/mol. The lowest BCUT2D eigenvalue weighted by atomic mass is 10.2. The SMILES string of the molecule is CC1(C)OCCCO1.CCCCCCC. The standard InChI is InChI=1S/C7H16.C6H12O2/c1-3-5-7-6-4-2;1-6(2)7-4-3-5-8-6/h3-7H2,1-2H3;3-5H2,1-2H3. The van der Waals surface area contributed by atoms with Crippen molar-refractivity contribution in [2.24, 2.45) is 0 Å². The van der Waals surface area contributed by atoms with Crippen LogP contribution in [0, 0.1) is 0 Å². The molecule has 2 heteroatoms. The Kier molecular flexibility index (Phi) is 9.12. The quantitative estimate of drug-likeness (QED) is 0.658. The van der Waals surface area contributed by atoms with Gasteiger partial charge in [0.2, 0.25) is 0 Å². The van der Waals surface area contributed by atoms with Crippen LogP contribution in [0.1, 0.15) is 66.2 Å². The van der Waals surface area contributed by atoms with Crippen molar-refractivity contribution in [3.05, 3.63) is 0 Å². The Hall–Kier alpha value is -0.0800. The van der Waals surface area contributed by atoms with Crippen LogP contribution in [0.5, 0.6) is 0 Å². The van der Waals surface area contributed by atoms with Crippen LogP contribution in [0.4, 0.5) is 0 Å². The third-order valence-corrected chi connectivity index (χ3v) is 2.40. The molecule has 0 bridgehead atoms. The molecule has 0 amide bonds.